The van der Waals surface area contributed by atoms with Gasteiger partial charge in [0.1, 0.15) is 11.3 Å². The van der Waals surface area contributed by atoms with Gasteiger partial charge in [0, 0.05) is 28.6 Å². The Labute approximate surface area is 171 Å². The zero-order valence-corrected chi connectivity index (χ0v) is 17.4. The summed E-state index contributed by atoms with van der Waals surface area (Å²) in [6.07, 6.45) is 3.25. The van der Waals surface area contributed by atoms with Gasteiger partial charge in [0.25, 0.3) is 5.91 Å². The first-order valence-corrected chi connectivity index (χ1v) is 10.1. The lowest BCUT2D eigenvalue weighted by atomic mass is 10.1. The average Bonchev–Trinajstić information content (AvgIpc) is 3.00. The summed E-state index contributed by atoms with van der Waals surface area (Å²) in [5.41, 5.74) is 3.15. The highest BCUT2D eigenvalue weighted by atomic mass is 79.9. The van der Waals surface area contributed by atoms with Crippen molar-refractivity contribution in [2.45, 2.75) is 25.8 Å². The Morgan fingerprint density at radius 3 is 2.75 bits per heavy atom. The summed E-state index contributed by atoms with van der Waals surface area (Å²) in [5, 5.41) is 3.48. The molecule has 0 radical (unpaired) electrons. The summed E-state index contributed by atoms with van der Waals surface area (Å²) in [7, 11) is 1.63. The lowest BCUT2D eigenvalue weighted by Gasteiger charge is -2.13. The molecule has 0 saturated heterocycles. The molecule has 1 aliphatic heterocycles. The van der Waals surface area contributed by atoms with E-state index in [1.54, 1.807) is 13.3 Å². The SMILES string of the molecule is COc1ccc(CCNC(=O)c2cn3c4c(cc(Br)cc4c2=O)C[C@@H]3C)cc1. The quantitative estimate of drug-likeness (QED) is 0.654. The number of hydrogen-bond acceptors (Lipinski definition) is 3. The van der Waals surface area contributed by atoms with E-state index in [4.69, 9.17) is 4.74 Å². The first kappa shape index (κ1) is 18.7. The molecule has 0 unspecified atom stereocenters. The third kappa shape index (κ3) is 3.33. The summed E-state index contributed by atoms with van der Waals surface area (Å²) < 4.78 is 8.07. The lowest BCUT2D eigenvalue weighted by Crippen LogP contribution is -2.31. The van der Waals surface area contributed by atoms with Crippen LogP contribution < -0.4 is 15.5 Å². The van der Waals surface area contributed by atoms with Crippen molar-refractivity contribution in [1.82, 2.24) is 9.88 Å². The Balaban J connectivity index is 1.56. The van der Waals surface area contributed by atoms with Crippen molar-refractivity contribution in [1.29, 1.82) is 0 Å². The molecule has 2 aromatic carbocycles. The fraction of sp³-hybridized carbons (Fsp3) is 0.273. The van der Waals surface area contributed by atoms with Crippen molar-refractivity contribution in [2.75, 3.05) is 13.7 Å². The molecule has 5 nitrogen and oxygen atoms in total. The van der Waals surface area contributed by atoms with Gasteiger partial charge in [-0.3, -0.25) is 9.59 Å². The maximum absolute atomic E-state index is 13.0. The maximum Gasteiger partial charge on any atom is 0.256 e. The third-order valence-electron chi connectivity index (χ3n) is 5.26. The fourth-order valence-electron chi connectivity index (χ4n) is 3.83. The molecule has 0 saturated carbocycles. The van der Waals surface area contributed by atoms with Gasteiger partial charge in [0.05, 0.1) is 12.6 Å². The normalized spacial score (nSPS) is 15.0. The molecule has 3 aromatic rings. The van der Waals surface area contributed by atoms with Crippen molar-refractivity contribution >= 4 is 32.7 Å². The third-order valence-corrected chi connectivity index (χ3v) is 5.72. The van der Waals surface area contributed by atoms with Crippen LogP contribution in [0.3, 0.4) is 0 Å². The molecule has 1 atom stereocenters. The van der Waals surface area contributed by atoms with Gasteiger partial charge in [-0.05, 0) is 55.2 Å². The van der Waals surface area contributed by atoms with Gasteiger partial charge in [0.15, 0.2) is 0 Å². The Hall–Kier alpha value is -2.60. The molecule has 1 aromatic heterocycles. The molecule has 144 valence electrons. The van der Waals surface area contributed by atoms with Crippen LogP contribution in [0.5, 0.6) is 5.75 Å². The number of methoxy groups -OCH3 is 1. The van der Waals surface area contributed by atoms with Crippen LogP contribution in [0.25, 0.3) is 10.9 Å². The molecule has 6 heteroatoms. The van der Waals surface area contributed by atoms with Gasteiger partial charge in [0.2, 0.25) is 5.43 Å². The largest absolute Gasteiger partial charge is 0.497 e. The van der Waals surface area contributed by atoms with E-state index in [9.17, 15) is 9.59 Å². The molecule has 1 aliphatic rings. The molecule has 1 amide bonds. The number of aromatic nitrogens is 1. The van der Waals surface area contributed by atoms with Crippen LogP contribution in [0.2, 0.25) is 0 Å². The van der Waals surface area contributed by atoms with Crippen LogP contribution in [0.4, 0.5) is 0 Å². The number of pyridine rings is 1. The van der Waals surface area contributed by atoms with Crippen LogP contribution in [-0.2, 0) is 12.8 Å². The van der Waals surface area contributed by atoms with E-state index in [-0.39, 0.29) is 22.9 Å². The second kappa shape index (κ2) is 7.43. The number of rotatable bonds is 5. The molecular weight excluding hydrogens is 420 g/mol. The van der Waals surface area contributed by atoms with E-state index in [2.05, 4.69) is 38.8 Å². The summed E-state index contributed by atoms with van der Waals surface area (Å²) in [5.74, 6) is 0.472. The first-order valence-electron chi connectivity index (χ1n) is 9.26. The highest BCUT2D eigenvalue weighted by Crippen LogP contribution is 2.33. The minimum Gasteiger partial charge on any atom is -0.497 e. The Morgan fingerprint density at radius 1 is 1.29 bits per heavy atom. The number of nitrogens with zero attached hydrogens (tertiary/aromatic N) is 1. The van der Waals surface area contributed by atoms with Crippen LogP contribution in [-0.4, -0.2) is 24.1 Å². The number of nitrogens with one attached hydrogen (secondary N) is 1. The number of amides is 1. The Kier molecular flexibility index (Phi) is 4.98. The molecule has 0 bridgehead atoms. The average molecular weight is 441 g/mol. The number of ether oxygens (including phenoxy) is 1. The molecular formula is C22H21BrN2O3. The number of benzene rings is 2. The van der Waals surface area contributed by atoms with Crippen LogP contribution in [0.1, 0.15) is 34.5 Å². The first-order chi connectivity index (χ1) is 13.5. The Bertz CT molecular complexity index is 1120. The fourth-order valence-corrected chi connectivity index (χ4v) is 4.34. The van der Waals surface area contributed by atoms with Gasteiger partial charge in [-0.1, -0.05) is 28.1 Å². The van der Waals surface area contributed by atoms with E-state index >= 15 is 0 Å². The van der Waals surface area contributed by atoms with E-state index in [1.807, 2.05) is 30.3 Å². The van der Waals surface area contributed by atoms with Gasteiger partial charge in [-0.2, -0.15) is 0 Å². The van der Waals surface area contributed by atoms with Gasteiger partial charge in [-0.15, -0.1) is 0 Å². The van der Waals surface area contributed by atoms with E-state index in [0.717, 1.165) is 33.3 Å². The van der Waals surface area contributed by atoms with Gasteiger partial charge in [-0.25, -0.2) is 0 Å². The highest BCUT2D eigenvalue weighted by molar-refractivity contribution is 9.10. The van der Waals surface area contributed by atoms with Crippen molar-refractivity contribution in [2.24, 2.45) is 0 Å². The number of halogens is 1. The second-order valence-electron chi connectivity index (χ2n) is 7.15. The molecule has 1 N–H and O–H groups in total. The monoisotopic (exact) mass is 440 g/mol. The summed E-state index contributed by atoms with van der Waals surface area (Å²) in [6.45, 7) is 2.56. The number of carbonyl (C=O) groups is 1. The van der Waals surface area contributed by atoms with Crippen molar-refractivity contribution < 1.29 is 9.53 Å². The minimum absolute atomic E-state index is 0.194. The van der Waals surface area contributed by atoms with E-state index in [0.29, 0.717) is 18.4 Å². The molecule has 28 heavy (non-hydrogen) atoms. The van der Waals surface area contributed by atoms with Crippen molar-refractivity contribution in [3.63, 3.8) is 0 Å². The lowest BCUT2D eigenvalue weighted by molar-refractivity contribution is 0.0952. The van der Waals surface area contributed by atoms with Crippen LogP contribution in [0.15, 0.2) is 51.9 Å². The smallest absolute Gasteiger partial charge is 0.256 e. The van der Waals surface area contributed by atoms with Crippen LogP contribution >= 0.6 is 15.9 Å². The standard InChI is InChI=1S/C22H21BrN2O3/c1-13-9-15-10-16(23)11-18-20(15)25(13)12-19(21(18)26)22(27)24-8-7-14-3-5-17(28-2)6-4-14/h3-6,10-13H,7-9H2,1-2H3,(H,24,27)/t13-/m0/s1. The van der Waals surface area contributed by atoms with E-state index in [1.165, 1.54) is 0 Å². The molecule has 0 aliphatic carbocycles. The maximum atomic E-state index is 13.0. The predicted molar refractivity (Wildman–Crippen MR) is 113 cm³/mol. The van der Waals surface area contributed by atoms with Gasteiger partial charge < -0.3 is 14.6 Å². The summed E-state index contributed by atoms with van der Waals surface area (Å²) >= 11 is 3.48. The molecule has 0 fully saturated rings. The predicted octanol–water partition coefficient (Wildman–Crippen LogP) is 3.86. The zero-order valence-electron chi connectivity index (χ0n) is 15.8. The Morgan fingerprint density at radius 2 is 2.04 bits per heavy atom. The zero-order chi connectivity index (χ0) is 19.8. The van der Waals surface area contributed by atoms with Gasteiger partial charge >= 0.3 is 0 Å². The number of carbonyl (C=O) groups excluding carboxylic acids is 1. The molecule has 4 rings (SSSR count). The topological polar surface area (TPSA) is 60.3 Å². The van der Waals surface area contributed by atoms with Crippen molar-refractivity contribution in [3.05, 3.63) is 74.0 Å². The summed E-state index contributed by atoms with van der Waals surface area (Å²) in [4.78, 5) is 25.7. The minimum atomic E-state index is -0.329. The van der Waals surface area contributed by atoms with Crippen molar-refractivity contribution in [3.8, 4) is 5.75 Å². The summed E-state index contributed by atoms with van der Waals surface area (Å²) in [6, 6.07) is 11.8. The van der Waals surface area contributed by atoms with E-state index < -0.39 is 0 Å². The molecule has 2 heterocycles. The molecule has 0 spiro atoms. The van der Waals surface area contributed by atoms with Crippen LogP contribution in [0, 0.1) is 0 Å². The highest BCUT2D eigenvalue weighted by Gasteiger charge is 2.25. The number of hydrogen-bond donors (Lipinski definition) is 1. The second-order valence-corrected chi connectivity index (χ2v) is 8.06.